The largest absolute Gasteiger partial charge is 0.481 e. The first-order valence-corrected chi connectivity index (χ1v) is 6.45. The van der Waals surface area contributed by atoms with E-state index in [1.807, 2.05) is 13.8 Å². The summed E-state index contributed by atoms with van der Waals surface area (Å²) in [7, 11) is 1.78. The number of hydrogen-bond acceptors (Lipinski definition) is 3. The number of aliphatic carboxylic acids is 1. The zero-order chi connectivity index (χ0) is 14.2. The minimum atomic E-state index is -0.783. The Hall–Kier alpha value is -1.85. The van der Waals surface area contributed by atoms with Crippen molar-refractivity contribution in [2.24, 2.45) is 13.0 Å². The fourth-order valence-electron chi connectivity index (χ4n) is 2.31. The zero-order valence-electron chi connectivity index (χ0n) is 11.4. The highest BCUT2D eigenvalue weighted by Crippen LogP contribution is 2.28. The fraction of sp³-hybridized carbons (Fsp3) is 0.615. The van der Waals surface area contributed by atoms with E-state index in [0.29, 0.717) is 18.4 Å². The van der Waals surface area contributed by atoms with Crippen LogP contribution in [-0.4, -0.2) is 32.8 Å². The highest BCUT2D eigenvalue weighted by atomic mass is 16.4. The SMILES string of the molecule is CC(C)c1nn(C)cc1C(=O)NC1CC(C(=O)O)C1. The minimum absolute atomic E-state index is 0.0335. The fourth-order valence-corrected chi connectivity index (χ4v) is 2.31. The molecule has 2 N–H and O–H groups in total. The van der Waals surface area contributed by atoms with Gasteiger partial charge in [0.2, 0.25) is 0 Å². The third-order valence-corrected chi connectivity index (χ3v) is 3.47. The van der Waals surface area contributed by atoms with Gasteiger partial charge in [0.15, 0.2) is 0 Å². The van der Waals surface area contributed by atoms with Crippen LogP contribution >= 0.6 is 0 Å². The maximum absolute atomic E-state index is 12.2. The summed E-state index contributed by atoms with van der Waals surface area (Å²) < 4.78 is 1.63. The van der Waals surface area contributed by atoms with Crippen LogP contribution in [0, 0.1) is 5.92 Å². The van der Waals surface area contributed by atoms with Gasteiger partial charge in [0.1, 0.15) is 0 Å². The van der Waals surface area contributed by atoms with Gasteiger partial charge in [0.05, 0.1) is 17.2 Å². The van der Waals surface area contributed by atoms with Gasteiger partial charge in [-0.3, -0.25) is 14.3 Å². The number of nitrogens with one attached hydrogen (secondary N) is 1. The van der Waals surface area contributed by atoms with Crippen molar-refractivity contribution < 1.29 is 14.7 Å². The van der Waals surface area contributed by atoms with Gasteiger partial charge in [-0.1, -0.05) is 13.8 Å². The third kappa shape index (κ3) is 2.77. The van der Waals surface area contributed by atoms with Crippen LogP contribution in [0.3, 0.4) is 0 Å². The van der Waals surface area contributed by atoms with E-state index in [-0.39, 0.29) is 23.8 Å². The van der Waals surface area contributed by atoms with E-state index in [0.717, 1.165) is 5.69 Å². The molecule has 1 heterocycles. The number of hydrogen-bond donors (Lipinski definition) is 2. The van der Waals surface area contributed by atoms with Crippen molar-refractivity contribution in [1.29, 1.82) is 0 Å². The Morgan fingerprint density at radius 1 is 1.47 bits per heavy atom. The topological polar surface area (TPSA) is 84.2 Å². The molecule has 6 nitrogen and oxygen atoms in total. The number of aromatic nitrogens is 2. The zero-order valence-corrected chi connectivity index (χ0v) is 11.4. The van der Waals surface area contributed by atoms with Crippen molar-refractivity contribution in [3.8, 4) is 0 Å². The number of carboxylic acids is 1. The Balaban J connectivity index is 2.00. The molecule has 0 unspecified atom stereocenters. The van der Waals surface area contributed by atoms with Gasteiger partial charge >= 0.3 is 5.97 Å². The van der Waals surface area contributed by atoms with Crippen LogP contribution in [0.4, 0.5) is 0 Å². The van der Waals surface area contributed by atoms with Gasteiger partial charge in [0.25, 0.3) is 5.91 Å². The number of carbonyl (C=O) groups is 2. The highest BCUT2D eigenvalue weighted by molar-refractivity contribution is 5.95. The molecule has 0 aromatic carbocycles. The second kappa shape index (κ2) is 5.03. The van der Waals surface area contributed by atoms with Gasteiger partial charge in [-0.05, 0) is 18.8 Å². The lowest BCUT2D eigenvalue weighted by atomic mass is 9.80. The lowest BCUT2D eigenvalue weighted by Crippen LogP contribution is -2.46. The van der Waals surface area contributed by atoms with Gasteiger partial charge in [-0.15, -0.1) is 0 Å². The Morgan fingerprint density at radius 3 is 2.63 bits per heavy atom. The molecule has 0 atom stereocenters. The number of carboxylic acid groups (broad SMARTS) is 1. The number of aryl methyl sites for hydroxylation is 1. The Bertz CT molecular complexity index is 501. The normalized spacial score (nSPS) is 22.1. The first-order chi connectivity index (χ1) is 8.88. The van der Waals surface area contributed by atoms with Crippen molar-refractivity contribution in [2.45, 2.75) is 38.6 Å². The number of rotatable bonds is 4. The summed E-state index contributed by atoms with van der Waals surface area (Å²) in [5, 5.41) is 16.0. The molecule has 1 saturated carbocycles. The van der Waals surface area contributed by atoms with Crippen molar-refractivity contribution in [2.75, 3.05) is 0 Å². The van der Waals surface area contributed by atoms with Crippen LogP contribution in [0.25, 0.3) is 0 Å². The second-order valence-electron chi connectivity index (χ2n) is 5.43. The van der Waals surface area contributed by atoms with E-state index in [2.05, 4.69) is 10.4 Å². The van der Waals surface area contributed by atoms with E-state index >= 15 is 0 Å². The average molecular weight is 265 g/mol. The molecule has 6 heteroatoms. The standard InChI is InChI=1S/C13H19N3O3/c1-7(2)11-10(6-16(3)15-11)12(17)14-9-4-8(5-9)13(18)19/h6-9H,4-5H2,1-3H3,(H,14,17)(H,18,19). The molecular formula is C13H19N3O3. The molecular weight excluding hydrogens is 246 g/mol. The smallest absolute Gasteiger partial charge is 0.306 e. The van der Waals surface area contributed by atoms with E-state index in [9.17, 15) is 9.59 Å². The Kier molecular flexibility index (Phi) is 3.59. The molecule has 0 spiro atoms. The summed E-state index contributed by atoms with van der Waals surface area (Å²) in [5.74, 6) is -1.08. The first-order valence-electron chi connectivity index (χ1n) is 6.45. The van der Waals surface area contributed by atoms with E-state index in [4.69, 9.17) is 5.11 Å². The maximum Gasteiger partial charge on any atom is 0.306 e. The maximum atomic E-state index is 12.2. The van der Waals surface area contributed by atoms with Crippen molar-refractivity contribution in [1.82, 2.24) is 15.1 Å². The molecule has 0 saturated heterocycles. The van der Waals surface area contributed by atoms with Gasteiger partial charge < -0.3 is 10.4 Å². The lowest BCUT2D eigenvalue weighted by Gasteiger charge is -2.32. The minimum Gasteiger partial charge on any atom is -0.481 e. The summed E-state index contributed by atoms with van der Waals surface area (Å²) in [5.41, 5.74) is 1.35. The molecule has 104 valence electrons. The third-order valence-electron chi connectivity index (χ3n) is 3.47. The molecule has 1 fully saturated rings. The van der Waals surface area contributed by atoms with Crippen LogP contribution in [0.5, 0.6) is 0 Å². The molecule has 1 aliphatic rings. The molecule has 2 rings (SSSR count). The predicted molar refractivity (Wildman–Crippen MR) is 68.9 cm³/mol. The van der Waals surface area contributed by atoms with Gasteiger partial charge in [0, 0.05) is 19.3 Å². The summed E-state index contributed by atoms with van der Waals surface area (Å²) in [6, 6.07) is -0.0335. The van der Waals surface area contributed by atoms with E-state index in [1.54, 1.807) is 17.9 Å². The summed E-state index contributed by atoms with van der Waals surface area (Å²) >= 11 is 0. The number of carbonyl (C=O) groups excluding carboxylic acids is 1. The van der Waals surface area contributed by atoms with Crippen molar-refractivity contribution in [3.05, 3.63) is 17.5 Å². The summed E-state index contributed by atoms with van der Waals surface area (Å²) in [6.45, 7) is 3.98. The quantitative estimate of drug-likeness (QED) is 0.855. The molecule has 1 aromatic heterocycles. The Labute approximate surface area is 111 Å². The van der Waals surface area contributed by atoms with Crippen LogP contribution in [0.15, 0.2) is 6.20 Å². The van der Waals surface area contributed by atoms with Crippen LogP contribution in [-0.2, 0) is 11.8 Å². The second-order valence-corrected chi connectivity index (χ2v) is 5.43. The number of nitrogens with zero attached hydrogens (tertiary/aromatic N) is 2. The lowest BCUT2D eigenvalue weighted by molar-refractivity contribution is -0.145. The predicted octanol–water partition coefficient (Wildman–Crippen LogP) is 1.14. The molecule has 1 aliphatic carbocycles. The van der Waals surface area contributed by atoms with Crippen LogP contribution < -0.4 is 5.32 Å². The first kappa shape index (κ1) is 13.6. The molecule has 0 aliphatic heterocycles. The molecule has 1 amide bonds. The van der Waals surface area contributed by atoms with E-state index < -0.39 is 5.97 Å². The highest BCUT2D eigenvalue weighted by Gasteiger charge is 2.35. The molecule has 0 radical (unpaired) electrons. The van der Waals surface area contributed by atoms with Crippen molar-refractivity contribution >= 4 is 11.9 Å². The Morgan fingerprint density at radius 2 is 2.11 bits per heavy atom. The van der Waals surface area contributed by atoms with E-state index in [1.165, 1.54) is 0 Å². The van der Waals surface area contributed by atoms with Gasteiger partial charge in [-0.25, -0.2) is 0 Å². The van der Waals surface area contributed by atoms with Gasteiger partial charge in [-0.2, -0.15) is 5.10 Å². The average Bonchev–Trinajstić information content (AvgIpc) is 2.64. The van der Waals surface area contributed by atoms with Crippen LogP contribution in [0.2, 0.25) is 0 Å². The number of amides is 1. The van der Waals surface area contributed by atoms with Crippen molar-refractivity contribution in [3.63, 3.8) is 0 Å². The summed E-state index contributed by atoms with van der Waals surface area (Å²) in [4.78, 5) is 22.9. The summed E-state index contributed by atoms with van der Waals surface area (Å²) in [6.07, 6.45) is 2.73. The molecule has 19 heavy (non-hydrogen) atoms. The monoisotopic (exact) mass is 265 g/mol. The molecule has 0 bridgehead atoms. The van der Waals surface area contributed by atoms with Crippen LogP contribution in [0.1, 0.15) is 48.7 Å². The molecule has 1 aromatic rings.